The molecule has 1 N–H and O–H groups in total. The molecule has 0 aliphatic carbocycles. The van der Waals surface area contributed by atoms with Crippen LogP contribution in [0.15, 0.2) is 66.4 Å². The van der Waals surface area contributed by atoms with E-state index in [-0.39, 0.29) is 18.4 Å². The lowest BCUT2D eigenvalue weighted by Gasteiger charge is -2.36. The molecule has 2 aromatic carbocycles. The molecule has 6 heteroatoms. The molecule has 2 aromatic rings. The first kappa shape index (κ1) is 18.4. The predicted molar refractivity (Wildman–Crippen MR) is 107 cm³/mol. The third kappa shape index (κ3) is 3.32. The molecule has 2 amide bonds. The quantitative estimate of drug-likeness (QED) is 0.802. The summed E-state index contributed by atoms with van der Waals surface area (Å²) >= 11 is 0. The van der Waals surface area contributed by atoms with E-state index < -0.39 is 0 Å². The van der Waals surface area contributed by atoms with Crippen LogP contribution < -0.4 is 4.90 Å². The molecule has 144 valence electrons. The maximum atomic E-state index is 13.4. The van der Waals surface area contributed by atoms with Crippen molar-refractivity contribution < 1.29 is 14.7 Å². The van der Waals surface area contributed by atoms with Gasteiger partial charge in [0.05, 0.1) is 17.9 Å². The third-order valence-corrected chi connectivity index (χ3v) is 5.24. The molecule has 0 spiro atoms. The van der Waals surface area contributed by atoms with E-state index >= 15 is 0 Å². The molecule has 1 fully saturated rings. The minimum Gasteiger partial charge on any atom is -0.395 e. The molecule has 2 aliphatic heterocycles. The molecule has 0 atom stereocenters. The zero-order valence-corrected chi connectivity index (χ0v) is 15.6. The van der Waals surface area contributed by atoms with Gasteiger partial charge in [-0.2, -0.15) is 0 Å². The van der Waals surface area contributed by atoms with Crippen LogP contribution in [0.4, 0.5) is 5.69 Å². The second kappa shape index (κ2) is 7.96. The smallest absolute Gasteiger partial charge is 0.282 e. The van der Waals surface area contributed by atoms with Crippen molar-refractivity contribution in [2.45, 2.75) is 0 Å². The fourth-order valence-corrected chi connectivity index (χ4v) is 3.82. The second-order valence-electron chi connectivity index (χ2n) is 6.92. The summed E-state index contributed by atoms with van der Waals surface area (Å²) in [5.41, 5.74) is 2.28. The summed E-state index contributed by atoms with van der Waals surface area (Å²) in [4.78, 5) is 32.1. The van der Waals surface area contributed by atoms with Crippen LogP contribution in [-0.4, -0.2) is 66.1 Å². The monoisotopic (exact) mass is 377 g/mol. The number of imide groups is 1. The minimum absolute atomic E-state index is 0.122. The van der Waals surface area contributed by atoms with Crippen molar-refractivity contribution in [3.8, 4) is 0 Å². The Morgan fingerprint density at radius 1 is 0.786 bits per heavy atom. The topological polar surface area (TPSA) is 64.1 Å². The lowest BCUT2D eigenvalue weighted by molar-refractivity contribution is -0.120. The van der Waals surface area contributed by atoms with Gasteiger partial charge in [0.1, 0.15) is 5.70 Å². The van der Waals surface area contributed by atoms with Gasteiger partial charge < -0.3 is 10.0 Å². The van der Waals surface area contributed by atoms with Crippen molar-refractivity contribution >= 4 is 23.1 Å². The van der Waals surface area contributed by atoms with Crippen molar-refractivity contribution in [3.63, 3.8) is 0 Å². The largest absolute Gasteiger partial charge is 0.395 e. The van der Waals surface area contributed by atoms with Crippen LogP contribution in [0.25, 0.3) is 5.57 Å². The van der Waals surface area contributed by atoms with Crippen LogP contribution in [0.1, 0.15) is 5.56 Å². The fourth-order valence-electron chi connectivity index (χ4n) is 3.82. The lowest BCUT2D eigenvalue weighted by Crippen LogP contribution is -2.48. The Morgan fingerprint density at radius 3 is 2.00 bits per heavy atom. The Labute approximate surface area is 164 Å². The van der Waals surface area contributed by atoms with E-state index in [0.29, 0.717) is 36.6 Å². The molecule has 0 bridgehead atoms. The van der Waals surface area contributed by atoms with Crippen molar-refractivity contribution in [2.24, 2.45) is 0 Å². The van der Waals surface area contributed by atoms with Gasteiger partial charge in [-0.25, -0.2) is 4.90 Å². The van der Waals surface area contributed by atoms with Crippen LogP contribution in [0.3, 0.4) is 0 Å². The summed E-state index contributed by atoms with van der Waals surface area (Å²) < 4.78 is 0. The molecule has 2 aliphatic rings. The lowest BCUT2D eigenvalue weighted by atomic mass is 10.0. The van der Waals surface area contributed by atoms with Crippen LogP contribution in [0.2, 0.25) is 0 Å². The van der Waals surface area contributed by atoms with Gasteiger partial charge in [-0.15, -0.1) is 0 Å². The first-order valence-electron chi connectivity index (χ1n) is 9.52. The summed E-state index contributed by atoms with van der Waals surface area (Å²) in [6.45, 7) is 3.54. The number of para-hydroxylation sites is 1. The molecular weight excluding hydrogens is 354 g/mol. The first-order chi connectivity index (χ1) is 13.7. The Balaban J connectivity index is 1.72. The van der Waals surface area contributed by atoms with Crippen molar-refractivity contribution in [1.29, 1.82) is 0 Å². The highest BCUT2D eigenvalue weighted by Crippen LogP contribution is 2.34. The number of amides is 2. The van der Waals surface area contributed by atoms with Gasteiger partial charge in [0.25, 0.3) is 11.8 Å². The van der Waals surface area contributed by atoms with Gasteiger partial charge >= 0.3 is 0 Å². The predicted octanol–water partition coefficient (Wildman–Crippen LogP) is 1.58. The van der Waals surface area contributed by atoms with Gasteiger partial charge in [-0.1, -0.05) is 48.5 Å². The molecule has 0 saturated carbocycles. The highest BCUT2D eigenvalue weighted by molar-refractivity contribution is 6.45. The average Bonchev–Trinajstić information content (AvgIpc) is 3.00. The number of piperazine rings is 1. The first-order valence-corrected chi connectivity index (χ1v) is 9.52. The fraction of sp³-hybridized carbons (Fsp3) is 0.273. The Kier molecular flexibility index (Phi) is 5.23. The van der Waals surface area contributed by atoms with Crippen molar-refractivity contribution in [3.05, 3.63) is 71.9 Å². The Hall–Kier alpha value is -2.96. The summed E-state index contributed by atoms with van der Waals surface area (Å²) in [6, 6.07) is 18.5. The molecule has 0 radical (unpaired) electrons. The standard InChI is InChI=1S/C22H23N3O3/c26-16-15-23-11-13-24(14-12-23)20-19(17-7-3-1-4-8-17)21(27)25(22(20)28)18-9-5-2-6-10-18/h1-10,26H,11-16H2. The zero-order valence-electron chi connectivity index (χ0n) is 15.6. The highest BCUT2D eigenvalue weighted by Gasteiger charge is 2.42. The number of β-amino-alcohol motifs (C(OH)–C–C–N with tert-alkyl or cyclic N) is 1. The summed E-state index contributed by atoms with van der Waals surface area (Å²) in [5.74, 6) is -0.555. The number of carbonyl (C=O) groups is 2. The summed E-state index contributed by atoms with van der Waals surface area (Å²) in [5, 5.41) is 9.15. The average molecular weight is 377 g/mol. The van der Waals surface area contributed by atoms with E-state index in [1.165, 1.54) is 4.90 Å². The molecule has 2 heterocycles. The van der Waals surface area contributed by atoms with Crippen LogP contribution >= 0.6 is 0 Å². The van der Waals surface area contributed by atoms with Gasteiger partial charge in [0, 0.05) is 32.7 Å². The van der Waals surface area contributed by atoms with Crippen LogP contribution in [-0.2, 0) is 9.59 Å². The van der Waals surface area contributed by atoms with E-state index in [0.717, 1.165) is 18.7 Å². The van der Waals surface area contributed by atoms with Gasteiger partial charge in [0.2, 0.25) is 0 Å². The maximum absolute atomic E-state index is 13.4. The van der Waals surface area contributed by atoms with Crippen LogP contribution in [0, 0.1) is 0 Å². The molecule has 0 unspecified atom stereocenters. The van der Waals surface area contributed by atoms with E-state index in [4.69, 9.17) is 5.11 Å². The normalized spacial score (nSPS) is 18.3. The number of aliphatic hydroxyl groups is 1. The number of aliphatic hydroxyl groups excluding tert-OH is 1. The van der Waals surface area contributed by atoms with E-state index in [1.54, 1.807) is 12.1 Å². The minimum atomic E-state index is -0.282. The zero-order chi connectivity index (χ0) is 19.5. The number of rotatable bonds is 5. The number of anilines is 1. The second-order valence-corrected chi connectivity index (χ2v) is 6.92. The molecule has 4 rings (SSSR count). The molecular formula is C22H23N3O3. The van der Waals surface area contributed by atoms with Crippen LogP contribution in [0.5, 0.6) is 0 Å². The Bertz CT molecular complexity index is 888. The van der Waals surface area contributed by atoms with E-state index in [2.05, 4.69) is 4.90 Å². The number of hydrogen-bond acceptors (Lipinski definition) is 5. The molecule has 0 aromatic heterocycles. The number of carbonyl (C=O) groups excluding carboxylic acids is 2. The summed E-state index contributed by atoms with van der Waals surface area (Å²) in [6.07, 6.45) is 0. The maximum Gasteiger partial charge on any atom is 0.282 e. The van der Waals surface area contributed by atoms with E-state index in [1.807, 2.05) is 53.4 Å². The van der Waals surface area contributed by atoms with E-state index in [9.17, 15) is 9.59 Å². The number of nitrogens with zero attached hydrogens (tertiary/aromatic N) is 3. The number of benzene rings is 2. The van der Waals surface area contributed by atoms with Gasteiger partial charge in [0.15, 0.2) is 0 Å². The SMILES string of the molecule is O=C1C(c2ccccc2)=C(N2CCN(CCO)CC2)C(=O)N1c1ccccc1. The molecule has 28 heavy (non-hydrogen) atoms. The summed E-state index contributed by atoms with van der Waals surface area (Å²) in [7, 11) is 0. The van der Waals surface area contributed by atoms with Gasteiger partial charge in [-0.05, 0) is 17.7 Å². The highest BCUT2D eigenvalue weighted by atomic mass is 16.3. The molecule has 1 saturated heterocycles. The Morgan fingerprint density at radius 2 is 1.39 bits per heavy atom. The number of hydrogen-bond donors (Lipinski definition) is 1. The molecule has 6 nitrogen and oxygen atoms in total. The van der Waals surface area contributed by atoms with Gasteiger partial charge in [-0.3, -0.25) is 14.5 Å². The third-order valence-electron chi connectivity index (χ3n) is 5.24. The van der Waals surface area contributed by atoms with Crippen molar-refractivity contribution in [2.75, 3.05) is 44.2 Å². The van der Waals surface area contributed by atoms with Crippen molar-refractivity contribution in [1.82, 2.24) is 9.80 Å².